The molecule has 0 unspecified atom stereocenters. The number of pyridine rings is 1. The second-order valence-electron chi connectivity index (χ2n) is 7.31. The molecule has 0 bridgehead atoms. The fraction of sp³-hybridized carbons (Fsp3) is 0.174. The van der Waals surface area contributed by atoms with Crippen molar-refractivity contribution in [2.75, 3.05) is 5.32 Å². The number of fused-ring (bicyclic) bond motifs is 1. The lowest BCUT2D eigenvalue weighted by Crippen LogP contribution is -2.05. The lowest BCUT2D eigenvalue weighted by molar-refractivity contribution is -0.137. The van der Waals surface area contributed by atoms with Crippen molar-refractivity contribution in [3.05, 3.63) is 72.1 Å². The first-order chi connectivity index (χ1) is 15.2. The zero-order chi connectivity index (χ0) is 22.9. The van der Waals surface area contributed by atoms with Gasteiger partial charge in [-0.1, -0.05) is 0 Å². The standard InChI is InChI=1S/C23H19F3N4O2/c1-14(31)11-17-12-19(9-10-27-17)32-18-7-8-21-20(13-18)29-22(30(21)2)28-16-5-3-15(4-6-16)23(24,25)26/h3-10,12-13H,11H2,1-2H3,(H,28,29). The average Bonchev–Trinajstić information content (AvgIpc) is 3.02. The Bertz CT molecular complexity index is 1280. The number of alkyl halides is 3. The van der Waals surface area contributed by atoms with Crippen molar-refractivity contribution in [1.29, 1.82) is 0 Å². The minimum absolute atomic E-state index is 0.0117. The number of aryl methyl sites for hydroxylation is 1. The zero-order valence-corrected chi connectivity index (χ0v) is 17.3. The Labute approximate surface area is 181 Å². The van der Waals surface area contributed by atoms with Gasteiger partial charge in [-0.25, -0.2) is 4.98 Å². The van der Waals surface area contributed by atoms with Crippen LogP contribution in [0, 0.1) is 0 Å². The molecule has 4 rings (SSSR count). The highest BCUT2D eigenvalue weighted by Crippen LogP contribution is 2.31. The van der Waals surface area contributed by atoms with Gasteiger partial charge in [0, 0.05) is 37.5 Å². The second kappa shape index (κ2) is 8.33. The van der Waals surface area contributed by atoms with Gasteiger partial charge >= 0.3 is 6.18 Å². The first-order valence-electron chi connectivity index (χ1n) is 9.72. The van der Waals surface area contributed by atoms with Crippen LogP contribution < -0.4 is 10.1 Å². The summed E-state index contributed by atoms with van der Waals surface area (Å²) in [6.45, 7) is 1.50. The fourth-order valence-electron chi connectivity index (χ4n) is 3.23. The lowest BCUT2D eigenvalue weighted by atomic mass is 10.2. The van der Waals surface area contributed by atoms with Crippen molar-refractivity contribution in [1.82, 2.24) is 14.5 Å². The number of aromatic nitrogens is 3. The van der Waals surface area contributed by atoms with E-state index < -0.39 is 11.7 Å². The van der Waals surface area contributed by atoms with Gasteiger partial charge in [0.15, 0.2) is 0 Å². The van der Waals surface area contributed by atoms with Crippen molar-refractivity contribution >= 4 is 28.5 Å². The number of nitrogens with one attached hydrogen (secondary N) is 1. The van der Waals surface area contributed by atoms with E-state index >= 15 is 0 Å². The van der Waals surface area contributed by atoms with Gasteiger partial charge in [-0.2, -0.15) is 13.2 Å². The molecular formula is C23H19F3N4O2. The number of Topliss-reactive ketones (excluding diaryl/α,β-unsaturated/α-hetero) is 1. The van der Waals surface area contributed by atoms with E-state index in [0.717, 1.165) is 17.6 Å². The maximum absolute atomic E-state index is 12.8. The third kappa shape index (κ3) is 4.72. The molecular weight excluding hydrogens is 421 g/mol. The smallest absolute Gasteiger partial charge is 0.416 e. The molecule has 4 aromatic rings. The van der Waals surface area contributed by atoms with Crippen LogP contribution in [0.3, 0.4) is 0 Å². The number of halogens is 3. The van der Waals surface area contributed by atoms with E-state index in [-0.39, 0.29) is 12.2 Å². The van der Waals surface area contributed by atoms with Gasteiger partial charge in [0.1, 0.15) is 17.3 Å². The second-order valence-corrected chi connectivity index (χ2v) is 7.31. The summed E-state index contributed by atoms with van der Waals surface area (Å²) in [5.41, 5.74) is 1.87. The van der Waals surface area contributed by atoms with Crippen molar-refractivity contribution in [2.24, 2.45) is 7.05 Å². The first-order valence-corrected chi connectivity index (χ1v) is 9.72. The Morgan fingerprint density at radius 2 is 1.78 bits per heavy atom. The van der Waals surface area contributed by atoms with Gasteiger partial charge in [0.05, 0.1) is 22.3 Å². The van der Waals surface area contributed by atoms with Crippen LogP contribution in [0.2, 0.25) is 0 Å². The maximum Gasteiger partial charge on any atom is 0.416 e. The quantitative estimate of drug-likeness (QED) is 0.419. The number of anilines is 2. The summed E-state index contributed by atoms with van der Waals surface area (Å²) in [7, 11) is 1.80. The molecule has 0 aliphatic carbocycles. The third-order valence-electron chi connectivity index (χ3n) is 4.77. The van der Waals surface area contributed by atoms with Gasteiger partial charge < -0.3 is 14.6 Å². The predicted molar refractivity (Wildman–Crippen MR) is 114 cm³/mol. The summed E-state index contributed by atoms with van der Waals surface area (Å²) in [6.07, 6.45) is -2.57. The molecule has 0 amide bonds. The zero-order valence-electron chi connectivity index (χ0n) is 17.3. The van der Waals surface area contributed by atoms with Crippen LogP contribution in [0.15, 0.2) is 60.8 Å². The first kappa shape index (κ1) is 21.4. The van der Waals surface area contributed by atoms with Crippen LogP contribution in [-0.2, 0) is 24.4 Å². The Morgan fingerprint density at radius 3 is 2.47 bits per heavy atom. The summed E-state index contributed by atoms with van der Waals surface area (Å²) < 4.78 is 46.0. The number of benzene rings is 2. The summed E-state index contributed by atoms with van der Waals surface area (Å²) in [5, 5.41) is 3.04. The molecule has 9 heteroatoms. The molecule has 6 nitrogen and oxygen atoms in total. The molecule has 1 N–H and O–H groups in total. The Morgan fingerprint density at radius 1 is 1.06 bits per heavy atom. The molecule has 0 atom stereocenters. The Balaban J connectivity index is 1.55. The van der Waals surface area contributed by atoms with Crippen molar-refractivity contribution in [3.8, 4) is 11.5 Å². The molecule has 32 heavy (non-hydrogen) atoms. The van der Waals surface area contributed by atoms with Crippen molar-refractivity contribution in [3.63, 3.8) is 0 Å². The van der Waals surface area contributed by atoms with Gasteiger partial charge in [-0.15, -0.1) is 0 Å². The van der Waals surface area contributed by atoms with Gasteiger partial charge in [-0.3, -0.25) is 9.78 Å². The third-order valence-corrected chi connectivity index (χ3v) is 4.77. The molecule has 0 radical (unpaired) electrons. The number of hydrogen-bond acceptors (Lipinski definition) is 5. The number of imidazole rings is 1. The van der Waals surface area contributed by atoms with E-state index in [1.807, 2.05) is 6.07 Å². The SMILES string of the molecule is CC(=O)Cc1cc(Oc2ccc3c(c2)nc(Nc2ccc(C(F)(F)F)cc2)n3C)ccn1. The Hall–Kier alpha value is -3.88. The van der Waals surface area contributed by atoms with Gasteiger partial charge in [0.2, 0.25) is 5.95 Å². The summed E-state index contributed by atoms with van der Waals surface area (Å²) in [6, 6.07) is 13.6. The van der Waals surface area contributed by atoms with Gasteiger partial charge in [0.25, 0.3) is 0 Å². The van der Waals surface area contributed by atoms with Crippen molar-refractivity contribution in [2.45, 2.75) is 19.5 Å². The largest absolute Gasteiger partial charge is 0.457 e. The monoisotopic (exact) mass is 440 g/mol. The van der Waals surface area contributed by atoms with Crippen LogP contribution in [0.25, 0.3) is 11.0 Å². The number of rotatable bonds is 6. The van der Waals surface area contributed by atoms with Crippen LogP contribution in [0.5, 0.6) is 11.5 Å². The van der Waals surface area contributed by atoms with Crippen LogP contribution in [0.4, 0.5) is 24.8 Å². The summed E-state index contributed by atoms with van der Waals surface area (Å²) in [5.74, 6) is 1.59. The molecule has 2 aromatic heterocycles. The Kier molecular flexibility index (Phi) is 5.56. The van der Waals surface area contributed by atoms with Crippen LogP contribution in [-0.4, -0.2) is 20.3 Å². The van der Waals surface area contributed by atoms with E-state index in [1.54, 1.807) is 42.1 Å². The molecule has 0 spiro atoms. The minimum Gasteiger partial charge on any atom is -0.457 e. The normalized spacial score (nSPS) is 11.5. The number of carbonyl (C=O) groups is 1. The molecule has 0 saturated heterocycles. The average molecular weight is 440 g/mol. The predicted octanol–water partition coefficient (Wildman–Crippen LogP) is 5.65. The maximum atomic E-state index is 12.8. The van der Waals surface area contributed by atoms with E-state index in [9.17, 15) is 18.0 Å². The molecule has 0 fully saturated rings. The molecule has 0 aliphatic rings. The number of hydrogen-bond donors (Lipinski definition) is 1. The van der Waals surface area contributed by atoms with E-state index in [1.165, 1.54) is 19.1 Å². The fourth-order valence-corrected chi connectivity index (χ4v) is 3.23. The highest BCUT2D eigenvalue weighted by Gasteiger charge is 2.30. The lowest BCUT2D eigenvalue weighted by Gasteiger charge is -2.09. The molecule has 0 aliphatic heterocycles. The number of nitrogens with zero attached hydrogens (tertiary/aromatic N) is 3. The summed E-state index contributed by atoms with van der Waals surface area (Å²) >= 11 is 0. The molecule has 0 saturated carbocycles. The number of carbonyl (C=O) groups excluding carboxylic acids is 1. The highest BCUT2D eigenvalue weighted by atomic mass is 19.4. The van der Waals surface area contributed by atoms with Crippen LogP contribution >= 0.6 is 0 Å². The summed E-state index contributed by atoms with van der Waals surface area (Å²) in [4.78, 5) is 20.0. The molecule has 2 heterocycles. The van der Waals surface area contributed by atoms with Crippen molar-refractivity contribution < 1.29 is 22.7 Å². The van der Waals surface area contributed by atoms with Crippen LogP contribution in [0.1, 0.15) is 18.2 Å². The molecule has 164 valence electrons. The highest BCUT2D eigenvalue weighted by molar-refractivity contribution is 5.81. The molecule has 2 aromatic carbocycles. The minimum atomic E-state index is -4.38. The van der Waals surface area contributed by atoms with E-state index in [2.05, 4.69) is 15.3 Å². The van der Waals surface area contributed by atoms with E-state index in [4.69, 9.17) is 4.74 Å². The topological polar surface area (TPSA) is 69.0 Å². The number of ketones is 1. The number of ether oxygens (including phenoxy) is 1. The van der Waals surface area contributed by atoms with Gasteiger partial charge in [-0.05, 0) is 49.4 Å². The van der Waals surface area contributed by atoms with E-state index in [0.29, 0.717) is 34.3 Å².